The highest BCUT2D eigenvalue weighted by Gasteiger charge is 2.17. The number of rotatable bonds is 5. The monoisotopic (exact) mass is 339 g/mol. The Morgan fingerprint density at radius 2 is 1.23 bits per heavy atom. The zero-order valence-electron chi connectivity index (χ0n) is 14.5. The van der Waals surface area contributed by atoms with E-state index in [0.29, 0.717) is 12.5 Å². The van der Waals surface area contributed by atoms with Gasteiger partial charge in [-0.05, 0) is 11.1 Å². The summed E-state index contributed by atoms with van der Waals surface area (Å²) in [5, 5.41) is 0. The second-order valence-electron chi connectivity index (χ2n) is 6.37. The number of imidazole rings is 1. The van der Waals surface area contributed by atoms with Gasteiger partial charge in [-0.15, -0.1) is 0 Å². The van der Waals surface area contributed by atoms with Crippen molar-refractivity contribution in [1.82, 2.24) is 9.55 Å². The fraction of sp³-hybridized carbons (Fsp3) is 0.0870. The molecule has 0 aliphatic heterocycles. The van der Waals surface area contributed by atoms with Crippen molar-refractivity contribution in [1.29, 1.82) is 0 Å². The van der Waals surface area contributed by atoms with Gasteiger partial charge in [-0.1, -0.05) is 91.0 Å². The second-order valence-corrected chi connectivity index (χ2v) is 6.37. The number of nitrogens with two attached hydrogens (primary N) is 1. The molecule has 0 fully saturated rings. The van der Waals surface area contributed by atoms with E-state index in [0.717, 1.165) is 23.4 Å². The Hall–Kier alpha value is -3.33. The minimum absolute atomic E-state index is 0.554. The molecule has 3 aromatic carbocycles. The van der Waals surface area contributed by atoms with Crippen LogP contribution in [0.25, 0.3) is 11.3 Å². The minimum Gasteiger partial charge on any atom is -0.369 e. The van der Waals surface area contributed by atoms with Gasteiger partial charge in [-0.3, -0.25) is 0 Å². The molecule has 1 aromatic heterocycles. The summed E-state index contributed by atoms with van der Waals surface area (Å²) >= 11 is 0. The fourth-order valence-electron chi connectivity index (χ4n) is 3.28. The molecule has 26 heavy (non-hydrogen) atoms. The van der Waals surface area contributed by atoms with E-state index in [1.54, 1.807) is 0 Å². The smallest absolute Gasteiger partial charge is 0.201 e. The highest BCUT2D eigenvalue weighted by molar-refractivity contribution is 5.66. The van der Waals surface area contributed by atoms with E-state index in [9.17, 15) is 0 Å². The van der Waals surface area contributed by atoms with Crippen LogP contribution in [0.5, 0.6) is 0 Å². The van der Waals surface area contributed by atoms with E-state index in [1.807, 2.05) is 18.2 Å². The molecule has 0 bridgehead atoms. The van der Waals surface area contributed by atoms with Gasteiger partial charge in [-0.2, -0.15) is 0 Å². The summed E-state index contributed by atoms with van der Waals surface area (Å²) in [6.07, 6.45) is 0.761. The van der Waals surface area contributed by atoms with E-state index in [1.165, 1.54) is 11.1 Å². The molecule has 0 aliphatic rings. The lowest BCUT2D eigenvalue weighted by atomic mass is 10.0. The first kappa shape index (κ1) is 16.2. The molecule has 0 radical (unpaired) electrons. The van der Waals surface area contributed by atoms with Crippen LogP contribution in [0.4, 0.5) is 5.95 Å². The SMILES string of the molecule is Nc1nc(Cc2ccccc2)c(-c2ccccc2)n1Cc1ccccc1. The lowest BCUT2D eigenvalue weighted by Gasteiger charge is -2.12. The molecule has 0 aliphatic carbocycles. The van der Waals surface area contributed by atoms with Crippen LogP contribution in [0.2, 0.25) is 0 Å². The Morgan fingerprint density at radius 1 is 0.692 bits per heavy atom. The largest absolute Gasteiger partial charge is 0.369 e. The first-order valence-electron chi connectivity index (χ1n) is 8.79. The quantitative estimate of drug-likeness (QED) is 0.569. The number of hydrogen-bond donors (Lipinski definition) is 1. The van der Waals surface area contributed by atoms with Gasteiger partial charge in [0.2, 0.25) is 5.95 Å². The maximum atomic E-state index is 6.33. The Kier molecular flexibility index (Phi) is 4.52. The van der Waals surface area contributed by atoms with Gasteiger partial charge in [0, 0.05) is 12.0 Å². The Labute approximate surface area is 153 Å². The number of hydrogen-bond acceptors (Lipinski definition) is 2. The van der Waals surface area contributed by atoms with E-state index >= 15 is 0 Å². The summed E-state index contributed by atoms with van der Waals surface area (Å²) in [7, 11) is 0. The first-order chi connectivity index (χ1) is 12.8. The van der Waals surface area contributed by atoms with Crippen LogP contribution < -0.4 is 5.73 Å². The number of anilines is 1. The van der Waals surface area contributed by atoms with Crippen molar-refractivity contribution < 1.29 is 0 Å². The predicted molar refractivity (Wildman–Crippen MR) is 107 cm³/mol. The molecule has 4 rings (SSSR count). The van der Waals surface area contributed by atoms with Gasteiger partial charge < -0.3 is 10.3 Å². The highest BCUT2D eigenvalue weighted by Crippen LogP contribution is 2.29. The first-order valence-corrected chi connectivity index (χ1v) is 8.79. The van der Waals surface area contributed by atoms with Crippen molar-refractivity contribution in [2.75, 3.05) is 5.73 Å². The van der Waals surface area contributed by atoms with Crippen molar-refractivity contribution in [3.05, 3.63) is 108 Å². The molecule has 2 N–H and O–H groups in total. The molecule has 0 spiro atoms. The Balaban J connectivity index is 1.80. The number of aromatic nitrogens is 2. The van der Waals surface area contributed by atoms with Crippen molar-refractivity contribution in [2.45, 2.75) is 13.0 Å². The maximum absolute atomic E-state index is 6.33. The fourth-order valence-corrected chi connectivity index (χ4v) is 3.28. The van der Waals surface area contributed by atoms with Gasteiger partial charge >= 0.3 is 0 Å². The predicted octanol–water partition coefficient (Wildman–Crippen LogP) is 4.77. The summed E-state index contributed by atoms with van der Waals surface area (Å²) in [6, 6.07) is 31.1. The summed E-state index contributed by atoms with van der Waals surface area (Å²) in [4.78, 5) is 4.72. The van der Waals surface area contributed by atoms with E-state index in [2.05, 4.69) is 77.4 Å². The van der Waals surface area contributed by atoms with Gasteiger partial charge in [0.1, 0.15) is 0 Å². The van der Waals surface area contributed by atoms with Crippen molar-refractivity contribution in [2.24, 2.45) is 0 Å². The van der Waals surface area contributed by atoms with Crippen LogP contribution in [0, 0.1) is 0 Å². The Bertz CT molecular complexity index is 974. The average Bonchev–Trinajstić information content (AvgIpc) is 2.99. The zero-order chi connectivity index (χ0) is 17.8. The van der Waals surface area contributed by atoms with Crippen LogP contribution in [0.15, 0.2) is 91.0 Å². The molecular weight excluding hydrogens is 318 g/mol. The van der Waals surface area contributed by atoms with Gasteiger partial charge in [0.25, 0.3) is 0 Å². The lowest BCUT2D eigenvalue weighted by molar-refractivity contribution is 0.817. The molecule has 0 saturated heterocycles. The lowest BCUT2D eigenvalue weighted by Crippen LogP contribution is -2.06. The van der Waals surface area contributed by atoms with E-state index < -0.39 is 0 Å². The van der Waals surface area contributed by atoms with Crippen LogP contribution in [-0.2, 0) is 13.0 Å². The number of nitrogen functional groups attached to an aromatic ring is 1. The van der Waals surface area contributed by atoms with Gasteiger partial charge in [0.05, 0.1) is 17.9 Å². The zero-order valence-corrected chi connectivity index (χ0v) is 14.5. The van der Waals surface area contributed by atoms with Crippen molar-refractivity contribution in [3.8, 4) is 11.3 Å². The molecule has 0 atom stereocenters. The average molecular weight is 339 g/mol. The molecule has 1 heterocycles. The summed E-state index contributed by atoms with van der Waals surface area (Å²) in [5.74, 6) is 0.554. The second kappa shape index (κ2) is 7.28. The third kappa shape index (κ3) is 3.38. The van der Waals surface area contributed by atoms with E-state index in [4.69, 9.17) is 10.7 Å². The molecular formula is C23H21N3. The number of benzene rings is 3. The van der Waals surface area contributed by atoms with Crippen molar-refractivity contribution in [3.63, 3.8) is 0 Å². The standard InChI is InChI=1S/C23H21N3/c24-23-25-21(16-18-10-4-1-5-11-18)22(20-14-8-3-9-15-20)26(23)17-19-12-6-2-7-13-19/h1-15H,16-17H2,(H2,24,25). The molecule has 0 unspecified atom stereocenters. The van der Waals surface area contributed by atoms with Gasteiger partial charge in [0.15, 0.2) is 0 Å². The number of nitrogens with zero attached hydrogens (tertiary/aromatic N) is 2. The van der Waals surface area contributed by atoms with E-state index in [-0.39, 0.29) is 0 Å². The minimum atomic E-state index is 0.554. The van der Waals surface area contributed by atoms with Crippen LogP contribution in [0.1, 0.15) is 16.8 Å². The van der Waals surface area contributed by atoms with Crippen LogP contribution >= 0.6 is 0 Å². The summed E-state index contributed by atoms with van der Waals surface area (Å²) in [6.45, 7) is 0.707. The van der Waals surface area contributed by atoms with Gasteiger partial charge in [-0.25, -0.2) is 4.98 Å². The Morgan fingerprint density at radius 3 is 1.85 bits per heavy atom. The van der Waals surface area contributed by atoms with Crippen LogP contribution in [-0.4, -0.2) is 9.55 Å². The topological polar surface area (TPSA) is 43.8 Å². The molecule has 0 saturated carbocycles. The molecule has 128 valence electrons. The molecule has 0 amide bonds. The third-order valence-electron chi connectivity index (χ3n) is 4.51. The maximum Gasteiger partial charge on any atom is 0.201 e. The normalized spacial score (nSPS) is 10.8. The van der Waals surface area contributed by atoms with Crippen molar-refractivity contribution >= 4 is 5.95 Å². The third-order valence-corrected chi connectivity index (χ3v) is 4.51. The molecule has 3 nitrogen and oxygen atoms in total. The van der Waals surface area contributed by atoms with Crippen LogP contribution in [0.3, 0.4) is 0 Å². The summed E-state index contributed by atoms with van der Waals surface area (Å²) < 4.78 is 2.11. The molecule has 3 heteroatoms. The molecule has 4 aromatic rings. The summed E-state index contributed by atoms with van der Waals surface area (Å²) in [5.41, 5.74) is 12.0. The highest BCUT2D eigenvalue weighted by atomic mass is 15.2.